The summed E-state index contributed by atoms with van der Waals surface area (Å²) in [6, 6.07) is 17.5. The van der Waals surface area contributed by atoms with Gasteiger partial charge in [0.2, 0.25) is 6.49 Å². The monoisotopic (exact) mass is 373 g/mol. The van der Waals surface area contributed by atoms with Crippen molar-refractivity contribution < 1.29 is 4.57 Å². The summed E-state index contributed by atoms with van der Waals surface area (Å²) >= 11 is 1.65. The van der Waals surface area contributed by atoms with Gasteiger partial charge in [0.1, 0.15) is 0 Å². The molecular weight excluding hydrogens is 345 g/mol. The van der Waals surface area contributed by atoms with Crippen LogP contribution in [0.25, 0.3) is 11.1 Å². The molecule has 2 aromatic rings. The van der Waals surface area contributed by atoms with Crippen LogP contribution in [0, 0.1) is 0 Å². The number of hydrogen-bond acceptors (Lipinski definition) is 2. The van der Waals surface area contributed by atoms with Gasteiger partial charge in [-0.15, -0.1) is 0 Å². The summed E-state index contributed by atoms with van der Waals surface area (Å²) in [4.78, 5) is 0. The molecule has 0 saturated heterocycles. The molecule has 1 aliphatic carbocycles. The highest BCUT2D eigenvalue weighted by Crippen LogP contribution is 2.76. The smallest absolute Gasteiger partial charge is 0.215 e. The average molecular weight is 374 g/mol. The molecule has 3 rings (SSSR count). The Balaban J connectivity index is 2.25. The predicted octanol–water partition coefficient (Wildman–Crippen LogP) is 6.82. The summed E-state index contributed by atoms with van der Waals surface area (Å²) in [7, 11) is 0. The summed E-state index contributed by atoms with van der Waals surface area (Å²) < 4.78 is 16.9. The minimum absolute atomic E-state index is 0.0466. The maximum atomic E-state index is 14.6. The maximum Gasteiger partial charge on any atom is 0.215 e. The fourth-order valence-electron chi connectivity index (χ4n) is 4.18. The van der Waals surface area contributed by atoms with Gasteiger partial charge in [-0.25, -0.2) is 4.67 Å². The van der Waals surface area contributed by atoms with Crippen molar-refractivity contribution in [1.82, 2.24) is 4.67 Å². The van der Waals surface area contributed by atoms with Crippen LogP contribution >= 0.6 is 17.9 Å². The van der Waals surface area contributed by atoms with Crippen molar-refractivity contribution >= 4 is 17.9 Å². The molecule has 0 N–H and O–H groups in total. The van der Waals surface area contributed by atoms with Gasteiger partial charge < -0.3 is 0 Å². The van der Waals surface area contributed by atoms with Crippen LogP contribution in [0.5, 0.6) is 0 Å². The van der Waals surface area contributed by atoms with Crippen LogP contribution in [0.4, 0.5) is 0 Å². The molecule has 0 radical (unpaired) electrons. The van der Waals surface area contributed by atoms with Crippen LogP contribution in [0.1, 0.15) is 51.4 Å². The fraction of sp³-hybridized carbons (Fsp3) is 0.429. The van der Waals surface area contributed by atoms with E-state index >= 15 is 0 Å². The van der Waals surface area contributed by atoms with Crippen LogP contribution in [0.15, 0.2) is 48.5 Å². The van der Waals surface area contributed by atoms with Crippen molar-refractivity contribution in [3.63, 3.8) is 0 Å². The SMILES string of the molecule is CCSP(=O)(C1c2ccccc2-c2ccccc21)N(C(C)C)C(C)C. The molecule has 0 fully saturated rings. The normalized spacial score (nSPS) is 16.3. The van der Waals surface area contributed by atoms with Crippen molar-refractivity contribution in [1.29, 1.82) is 0 Å². The molecule has 0 aliphatic heterocycles. The number of rotatable bonds is 6. The van der Waals surface area contributed by atoms with Gasteiger partial charge in [-0.2, -0.15) is 0 Å². The molecule has 2 nitrogen and oxygen atoms in total. The first-order valence-electron chi connectivity index (χ1n) is 9.13. The highest BCUT2D eigenvalue weighted by atomic mass is 32.7. The summed E-state index contributed by atoms with van der Waals surface area (Å²) in [5.74, 6) is 0.855. The molecule has 134 valence electrons. The summed E-state index contributed by atoms with van der Waals surface area (Å²) in [6.45, 7) is 8.06. The number of benzene rings is 2. The van der Waals surface area contributed by atoms with Gasteiger partial charge in [0, 0.05) is 12.1 Å². The molecule has 1 unspecified atom stereocenters. The van der Waals surface area contributed by atoms with Gasteiger partial charge in [-0.05, 0) is 55.7 Å². The van der Waals surface area contributed by atoms with E-state index in [1.807, 2.05) is 0 Å². The van der Waals surface area contributed by atoms with Gasteiger partial charge in [-0.1, -0.05) is 66.8 Å². The molecule has 2 aromatic carbocycles. The Morgan fingerprint density at radius 2 is 1.36 bits per heavy atom. The lowest BCUT2D eigenvalue weighted by Crippen LogP contribution is -2.34. The first kappa shape index (κ1) is 18.8. The second kappa shape index (κ2) is 7.31. The largest absolute Gasteiger partial charge is 0.294 e. The maximum absolute atomic E-state index is 14.6. The summed E-state index contributed by atoms with van der Waals surface area (Å²) in [6.07, 6.45) is 0. The molecule has 1 atom stereocenters. The lowest BCUT2D eigenvalue weighted by Gasteiger charge is -2.40. The van der Waals surface area contributed by atoms with E-state index in [1.165, 1.54) is 22.3 Å². The molecule has 0 saturated carbocycles. The molecule has 0 aromatic heterocycles. The fourth-order valence-corrected chi connectivity index (χ4v) is 11.3. The second-order valence-corrected chi connectivity index (χ2v) is 12.4. The Morgan fingerprint density at radius 1 is 0.920 bits per heavy atom. The van der Waals surface area contributed by atoms with E-state index in [1.54, 1.807) is 11.4 Å². The minimum Gasteiger partial charge on any atom is -0.294 e. The Hall–Kier alpha value is -1.02. The molecule has 0 bridgehead atoms. The third-order valence-corrected chi connectivity index (χ3v) is 11.3. The highest BCUT2D eigenvalue weighted by molar-refractivity contribution is 8.57. The Morgan fingerprint density at radius 3 is 1.76 bits per heavy atom. The molecule has 0 heterocycles. The lowest BCUT2D eigenvalue weighted by atomic mass is 10.1. The summed E-state index contributed by atoms with van der Waals surface area (Å²) in [5.41, 5.74) is 4.88. The van der Waals surface area contributed by atoms with E-state index in [-0.39, 0.29) is 17.7 Å². The second-order valence-electron chi connectivity index (χ2n) is 7.13. The van der Waals surface area contributed by atoms with Crippen LogP contribution in [0.3, 0.4) is 0 Å². The zero-order chi connectivity index (χ0) is 18.2. The Bertz CT molecular complexity index is 748. The van der Waals surface area contributed by atoms with Gasteiger partial charge in [0.25, 0.3) is 0 Å². The van der Waals surface area contributed by atoms with E-state index in [0.29, 0.717) is 0 Å². The average Bonchev–Trinajstić information content (AvgIpc) is 2.89. The zero-order valence-corrected chi connectivity index (χ0v) is 17.5. The van der Waals surface area contributed by atoms with E-state index < -0.39 is 6.49 Å². The van der Waals surface area contributed by atoms with Crippen LogP contribution in [0.2, 0.25) is 0 Å². The van der Waals surface area contributed by atoms with E-state index in [2.05, 4.69) is 87.8 Å². The standard InChI is InChI=1S/C21H28NOPS/c1-6-25-24(23,22(15(2)3)16(4)5)21-19-13-9-7-11-17(19)18-12-8-10-14-20(18)21/h7-16,21H,6H2,1-5H3. The Kier molecular flexibility index (Phi) is 5.48. The van der Waals surface area contributed by atoms with Crippen molar-refractivity contribution in [3.05, 3.63) is 59.7 Å². The number of hydrogen-bond donors (Lipinski definition) is 0. The van der Waals surface area contributed by atoms with Crippen molar-refractivity contribution in [2.75, 3.05) is 5.75 Å². The third-order valence-electron chi connectivity index (χ3n) is 4.82. The van der Waals surface area contributed by atoms with Crippen LogP contribution in [-0.2, 0) is 4.57 Å². The quantitative estimate of drug-likeness (QED) is 0.518. The van der Waals surface area contributed by atoms with E-state index in [0.717, 1.165) is 5.75 Å². The van der Waals surface area contributed by atoms with Gasteiger partial charge in [0.05, 0.1) is 5.66 Å². The topological polar surface area (TPSA) is 20.3 Å². The van der Waals surface area contributed by atoms with Crippen molar-refractivity contribution in [2.45, 2.75) is 52.4 Å². The first-order chi connectivity index (χ1) is 11.9. The zero-order valence-electron chi connectivity index (χ0n) is 15.8. The lowest BCUT2D eigenvalue weighted by molar-refractivity contribution is 0.304. The molecule has 1 aliphatic rings. The number of fused-ring (bicyclic) bond motifs is 3. The molecule has 0 amide bonds. The van der Waals surface area contributed by atoms with Gasteiger partial charge in [0.15, 0.2) is 0 Å². The first-order valence-corrected chi connectivity index (χ1v) is 12.4. The van der Waals surface area contributed by atoms with Crippen molar-refractivity contribution in [3.8, 4) is 11.1 Å². The molecule has 4 heteroatoms. The predicted molar refractivity (Wildman–Crippen MR) is 112 cm³/mol. The van der Waals surface area contributed by atoms with Crippen LogP contribution in [-0.4, -0.2) is 22.5 Å². The van der Waals surface area contributed by atoms with Crippen LogP contribution < -0.4 is 0 Å². The van der Waals surface area contributed by atoms with E-state index in [9.17, 15) is 4.57 Å². The van der Waals surface area contributed by atoms with Gasteiger partial charge in [-0.3, -0.25) is 4.57 Å². The van der Waals surface area contributed by atoms with Crippen molar-refractivity contribution in [2.24, 2.45) is 0 Å². The van der Waals surface area contributed by atoms with E-state index in [4.69, 9.17) is 0 Å². The highest BCUT2D eigenvalue weighted by Gasteiger charge is 2.47. The number of nitrogens with zero attached hydrogens (tertiary/aromatic N) is 1. The molecule has 25 heavy (non-hydrogen) atoms. The summed E-state index contributed by atoms with van der Waals surface area (Å²) in [5, 5.41) is 0. The molecular formula is C21H28NOPS. The Labute approximate surface area is 156 Å². The minimum atomic E-state index is -2.70. The van der Waals surface area contributed by atoms with Gasteiger partial charge >= 0.3 is 0 Å². The third kappa shape index (κ3) is 3.12. The molecule has 0 spiro atoms.